The zero-order chi connectivity index (χ0) is 10.6. The molecule has 0 aromatic carbocycles. The van der Waals surface area contributed by atoms with Crippen LogP contribution < -0.4 is 3.96 Å². The molecule has 1 heterocycles. The third kappa shape index (κ3) is 7.15. The fraction of sp³-hybridized carbons (Fsp3) is 0.250. The number of aromatic nitrogens is 1. The van der Waals surface area contributed by atoms with Crippen LogP contribution in [-0.2, 0) is 17.6 Å². The van der Waals surface area contributed by atoms with Gasteiger partial charge in [0.1, 0.15) is 16.6 Å². The van der Waals surface area contributed by atoms with Gasteiger partial charge in [-0.3, -0.25) is 0 Å². The van der Waals surface area contributed by atoms with Crippen LogP contribution in [-0.4, -0.2) is 13.0 Å². The summed E-state index contributed by atoms with van der Waals surface area (Å²) in [5.74, 6) is 0. The highest BCUT2D eigenvalue weighted by molar-refractivity contribution is 7.80. The summed E-state index contributed by atoms with van der Waals surface area (Å²) in [6.45, 7) is 0. The predicted octanol–water partition coefficient (Wildman–Crippen LogP) is 1.30. The molecule has 0 aliphatic heterocycles. The Morgan fingerprint density at radius 3 is 2.08 bits per heavy atom. The van der Waals surface area contributed by atoms with Crippen LogP contribution in [0.4, 0.5) is 3.89 Å². The van der Waals surface area contributed by atoms with Crippen molar-refractivity contribution in [2.24, 2.45) is 7.05 Å². The van der Waals surface area contributed by atoms with E-state index in [9.17, 15) is 3.89 Å². The number of aryl methyl sites for hydroxylation is 1. The molecule has 0 radical (unpaired) electrons. The van der Waals surface area contributed by atoms with Crippen molar-refractivity contribution in [2.45, 2.75) is 0 Å². The molecule has 0 saturated heterocycles. The highest BCUT2D eigenvalue weighted by atomic mass is 35.5. The van der Waals surface area contributed by atoms with Crippen molar-refractivity contribution in [3.05, 3.63) is 15.6 Å². The highest BCUT2D eigenvalue weighted by Gasteiger charge is 2.10. The van der Waals surface area contributed by atoms with Gasteiger partial charge in [-0.2, -0.15) is 0 Å². The van der Waals surface area contributed by atoms with Crippen LogP contribution in [0.5, 0.6) is 0 Å². The first kappa shape index (κ1) is 13.1. The Morgan fingerprint density at radius 1 is 1.62 bits per heavy atom. The van der Waals surface area contributed by atoms with Crippen molar-refractivity contribution < 1.29 is 20.8 Å². The summed E-state index contributed by atoms with van der Waals surface area (Å²) in [6, 6.07) is 0. The van der Waals surface area contributed by atoms with Gasteiger partial charge in [0.25, 0.3) is 10.5 Å². The Kier molecular flexibility index (Phi) is 5.08. The smallest absolute Gasteiger partial charge is 0.307 e. The average Bonchev–Trinajstić information content (AvgIpc) is 2.16. The van der Waals surface area contributed by atoms with E-state index in [0.717, 1.165) is 0 Å². The van der Waals surface area contributed by atoms with E-state index in [1.807, 2.05) is 7.05 Å². The Bertz CT molecular complexity index is 349. The first-order chi connectivity index (χ1) is 5.72. The monoisotopic (exact) mass is 267 g/mol. The lowest BCUT2D eigenvalue weighted by atomic mass is 10.7. The molecule has 13 heavy (non-hydrogen) atoms. The van der Waals surface area contributed by atoms with Crippen LogP contribution >= 0.6 is 34.7 Å². The summed E-state index contributed by atoms with van der Waals surface area (Å²) in [5.41, 5.74) is 0. The summed E-state index contributed by atoms with van der Waals surface area (Å²) < 4.78 is 37.1. The summed E-state index contributed by atoms with van der Waals surface area (Å²) in [4.78, 5) is 0. The fourth-order valence-corrected chi connectivity index (χ4v) is 1.46. The van der Waals surface area contributed by atoms with Crippen LogP contribution in [0.2, 0.25) is 10.2 Å². The normalized spacial score (nSPS) is 10.5. The van der Waals surface area contributed by atoms with E-state index >= 15 is 0 Å². The summed E-state index contributed by atoms with van der Waals surface area (Å²) in [6.07, 6.45) is 0. The van der Waals surface area contributed by atoms with Gasteiger partial charge in [0.05, 0.1) is 5.38 Å². The van der Waals surface area contributed by atoms with E-state index in [2.05, 4.69) is 0 Å². The van der Waals surface area contributed by atoms with Crippen molar-refractivity contribution in [2.75, 3.05) is 0 Å². The first-order valence-electron chi connectivity index (χ1n) is 2.66. The van der Waals surface area contributed by atoms with E-state index in [1.54, 1.807) is 9.34 Å². The molecule has 0 saturated carbocycles. The minimum Gasteiger partial charge on any atom is -0.722 e. The molecule has 0 aliphatic carbocycles. The topological polar surface area (TPSA) is 61.1 Å². The van der Waals surface area contributed by atoms with Gasteiger partial charge in [-0.1, -0.05) is 11.6 Å². The maximum Gasteiger partial charge on any atom is 0.307 e. The second-order valence-electron chi connectivity index (χ2n) is 1.75. The summed E-state index contributed by atoms with van der Waals surface area (Å²) in [7, 11) is -3.56. The van der Waals surface area contributed by atoms with Gasteiger partial charge in [-0.15, -0.1) is 7.84 Å². The van der Waals surface area contributed by atoms with Gasteiger partial charge in [-0.25, -0.2) is 8.42 Å². The van der Waals surface area contributed by atoms with E-state index in [1.165, 1.54) is 11.5 Å². The van der Waals surface area contributed by atoms with Crippen LogP contribution in [0.25, 0.3) is 0 Å². The zero-order valence-electron chi connectivity index (χ0n) is 6.20. The maximum absolute atomic E-state index is 10.1. The van der Waals surface area contributed by atoms with Crippen molar-refractivity contribution in [1.82, 2.24) is 0 Å². The standard InChI is InChI=1S/C4H4Cl2NS.FHO3S/c1-7-4(6)3(5)2-8-7;1-5(2,3)4/h2H,1H3;(H,2,3,4)/q+1;/p-1. The highest BCUT2D eigenvalue weighted by Crippen LogP contribution is 2.18. The molecular formula is C4H4Cl2FNO3S2. The van der Waals surface area contributed by atoms with E-state index in [0.29, 0.717) is 10.2 Å². The van der Waals surface area contributed by atoms with Gasteiger partial charge < -0.3 is 4.55 Å². The Morgan fingerprint density at radius 2 is 2.00 bits per heavy atom. The molecule has 76 valence electrons. The van der Waals surface area contributed by atoms with Gasteiger partial charge in [-0.05, 0) is 11.6 Å². The molecule has 1 aromatic rings. The lowest BCUT2D eigenvalue weighted by molar-refractivity contribution is -0.598. The SMILES string of the molecule is C[n+]1scc(Cl)c1Cl.O=S(=O)([O-])F. The molecule has 9 heteroatoms. The number of rotatable bonds is 0. The minimum atomic E-state index is -5.42. The molecule has 0 spiro atoms. The van der Waals surface area contributed by atoms with Crippen molar-refractivity contribution >= 4 is 45.2 Å². The van der Waals surface area contributed by atoms with Crippen molar-refractivity contribution in [3.63, 3.8) is 0 Å². The molecule has 1 rings (SSSR count). The summed E-state index contributed by atoms with van der Waals surface area (Å²) in [5, 5.41) is 3.03. The van der Waals surface area contributed by atoms with Crippen LogP contribution in [0.15, 0.2) is 5.38 Å². The number of halogens is 3. The first-order valence-corrected chi connectivity index (χ1v) is 5.56. The summed E-state index contributed by atoms with van der Waals surface area (Å²) >= 11 is 12.7. The maximum atomic E-state index is 10.1. The van der Waals surface area contributed by atoms with Crippen molar-refractivity contribution in [3.8, 4) is 0 Å². The molecular weight excluding hydrogens is 264 g/mol. The van der Waals surface area contributed by atoms with E-state index < -0.39 is 10.5 Å². The third-order valence-electron chi connectivity index (χ3n) is 0.788. The van der Waals surface area contributed by atoms with E-state index in [-0.39, 0.29) is 0 Å². The molecule has 0 aliphatic rings. The average molecular weight is 268 g/mol. The van der Waals surface area contributed by atoms with Gasteiger partial charge in [0.15, 0.2) is 7.05 Å². The quantitative estimate of drug-likeness (QED) is 0.404. The molecule has 0 amide bonds. The molecule has 0 fully saturated rings. The number of hydrogen-bond donors (Lipinski definition) is 0. The lowest BCUT2D eigenvalue weighted by Gasteiger charge is -1.84. The predicted molar refractivity (Wildman–Crippen MR) is 46.3 cm³/mol. The molecule has 0 atom stereocenters. The molecule has 0 unspecified atom stereocenters. The second-order valence-corrected chi connectivity index (χ2v) is 4.30. The Hall–Kier alpha value is 0.0500. The number of nitrogens with zero attached hydrogens (tertiary/aromatic N) is 1. The van der Waals surface area contributed by atoms with E-state index in [4.69, 9.17) is 36.2 Å². The third-order valence-corrected chi connectivity index (χ3v) is 2.70. The lowest BCUT2D eigenvalue weighted by Crippen LogP contribution is -2.21. The van der Waals surface area contributed by atoms with Gasteiger partial charge in [0.2, 0.25) is 0 Å². The fourth-order valence-electron chi connectivity index (χ4n) is 0.371. The van der Waals surface area contributed by atoms with Crippen LogP contribution in [0.3, 0.4) is 0 Å². The van der Waals surface area contributed by atoms with Gasteiger partial charge >= 0.3 is 5.15 Å². The second kappa shape index (κ2) is 5.06. The molecule has 0 bridgehead atoms. The molecule has 1 aromatic heterocycles. The van der Waals surface area contributed by atoms with Crippen LogP contribution in [0, 0.1) is 0 Å². The molecule has 0 N–H and O–H groups in total. The Balaban J connectivity index is 0.000000252. The van der Waals surface area contributed by atoms with Gasteiger partial charge in [0, 0.05) is 0 Å². The number of hydrogen-bond acceptors (Lipinski definition) is 4. The molecule has 4 nitrogen and oxygen atoms in total. The Labute approximate surface area is 88.7 Å². The minimum absolute atomic E-state index is 0.608. The van der Waals surface area contributed by atoms with Crippen LogP contribution in [0.1, 0.15) is 0 Å². The largest absolute Gasteiger partial charge is 0.722 e. The zero-order valence-corrected chi connectivity index (χ0v) is 9.34. The van der Waals surface area contributed by atoms with Crippen molar-refractivity contribution in [1.29, 1.82) is 0 Å².